The largest absolute Gasteiger partial charge is 0.471 e. The smallest absolute Gasteiger partial charge is 0.247 e. The second kappa shape index (κ2) is 8.94. The fourth-order valence-electron chi connectivity index (χ4n) is 3.20. The number of hydrogen-bond donors (Lipinski definition) is 0. The van der Waals surface area contributed by atoms with E-state index in [-0.39, 0.29) is 12.4 Å². The highest BCUT2D eigenvalue weighted by Gasteiger charge is 2.39. The van der Waals surface area contributed by atoms with Crippen molar-refractivity contribution in [2.24, 2.45) is 5.92 Å². The molecule has 0 aromatic carbocycles. The van der Waals surface area contributed by atoms with Gasteiger partial charge >= 0.3 is 0 Å². The van der Waals surface area contributed by atoms with Crippen LogP contribution in [0.2, 0.25) is 0 Å². The van der Waals surface area contributed by atoms with Gasteiger partial charge in [0.05, 0.1) is 0 Å². The molecule has 3 atom stereocenters. The molecule has 1 unspecified atom stereocenters. The summed E-state index contributed by atoms with van der Waals surface area (Å²) in [4.78, 5) is 11.4. The molecule has 2 saturated heterocycles. The SMILES string of the molecule is CCCCCCSc1nccnc1O[C@H]1CN2CC[C@@H]1C2.Cl. The monoisotopic (exact) mass is 343 g/mol. The number of halogens is 1. The van der Waals surface area contributed by atoms with E-state index in [2.05, 4.69) is 21.8 Å². The summed E-state index contributed by atoms with van der Waals surface area (Å²) in [6.45, 7) is 5.74. The molecule has 1 aromatic rings. The lowest BCUT2D eigenvalue weighted by molar-refractivity contribution is 0.131. The van der Waals surface area contributed by atoms with Crippen molar-refractivity contribution in [2.75, 3.05) is 25.4 Å². The average Bonchev–Trinajstić information content (AvgIpc) is 3.11. The van der Waals surface area contributed by atoms with Gasteiger partial charge < -0.3 is 4.74 Å². The summed E-state index contributed by atoms with van der Waals surface area (Å²) in [7, 11) is 0. The summed E-state index contributed by atoms with van der Waals surface area (Å²) in [5, 5.41) is 0.965. The van der Waals surface area contributed by atoms with Crippen LogP contribution in [0.15, 0.2) is 17.4 Å². The van der Waals surface area contributed by atoms with Crippen LogP contribution >= 0.6 is 24.2 Å². The normalized spacial score (nSPS) is 26.0. The Morgan fingerprint density at radius 3 is 2.82 bits per heavy atom. The van der Waals surface area contributed by atoms with Crippen LogP contribution in [0.1, 0.15) is 39.0 Å². The van der Waals surface area contributed by atoms with Crippen LogP contribution in [0.25, 0.3) is 0 Å². The van der Waals surface area contributed by atoms with Gasteiger partial charge in [0.25, 0.3) is 0 Å². The Morgan fingerprint density at radius 2 is 2.09 bits per heavy atom. The molecule has 2 aliphatic rings. The first-order valence-corrected chi connectivity index (χ1v) is 9.18. The third kappa shape index (κ3) is 4.49. The Labute approximate surface area is 143 Å². The number of unbranched alkanes of at least 4 members (excludes halogenated alkanes) is 3. The van der Waals surface area contributed by atoms with Crippen LogP contribution < -0.4 is 4.74 Å². The van der Waals surface area contributed by atoms with Gasteiger partial charge in [-0.3, -0.25) is 4.90 Å². The minimum atomic E-state index is 0. The van der Waals surface area contributed by atoms with E-state index in [1.165, 1.54) is 45.2 Å². The number of nitrogens with zero attached hydrogens (tertiary/aromatic N) is 3. The molecule has 2 fully saturated rings. The third-order valence-corrected chi connectivity index (χ3v) is 5.45. The summed E-state index contributed by atoms with van der Waals surface area (Å²) in [6.07, 6.45) is 10.2. The van der Waals surface area contributed by atoms with Crippen molar-refractivity contribution in [2.45, 2.75) is 50.2 Å². The first kappa shape index (κ1) is 17.8. The van der Waals surface area contributed by atoms with Gasteiger partial charge in [-0.1, -0.05) is 26.2 Å². The fourth-order valence-corrected chi connectivity index (χ4v) is 4.10. The van der Waals surface area contributed by atoms with Crippen LogP contribution in [0.3, 0.4) is 0 Å². The van der Waals surface area contributed by atoms with E-state index in [0.29, 0.717) is 12.0 Å². The molecule has 2 aliphatic heterocycles. The standard InChI is InChI=1S/C16H25N3OS.ClH/c1-2-3-4-5-10-21-16-15(17-7-8-18-16)20-14-12-19-9-6-13(14)11-19;/h7-8,13-14H,2-6,9-12H2,1H3;1H/t13-,14+;/m1./s1. The van der Waals surface area contributed by atoms with Crippen molar-refractivity contribution in [1.82, 2.24) is 14.9 Å². The number of fused-ring (bicyclic) bond motifs is 2. The van der Waals surface area contributed by atoms with E-state index >= 15 is 0 Å². The maximum absolute atomic E-state index is 6.18. The zero-order valence-corrected chi connectivity index (χ0v) is 14.9. The minimum Gasteiger partial charge on any atom is -0.471 e. The Kier molecular flexibility index (Phi) is 7.25. The lowest BCUT2D eigenvalue weighted by Gasteiger charge is -2.23. The summed E-state index contributed by atoms with van der Waals surface area (Å²) in [6, 6.07) is 0. The number of ether oxygens (including phenoxy) is 1. The van der Waals surface area contributed by atoms with Gasteiger partial charge in [-0.15, -0.1) is 24.2 Å². The molecule has 0 aliphatic carbocycles. The van der Waals surface area contributed by atoms with Gasteiger partial charge in [0.15, 0.2) is 5.03 Å². The number of rotatable bonds is 8. The topological polar surface area (TPSA) is 38.3 Å². The predicted molar refractivity (Wildman–Crippen MR) is 93.1 cm³/mol. The van der Waals surface area contributed by atoms with Crippen molar-refractivity contribution < 1.29 is 4.74 Å². The quantitative estimate of drug-likeness (QED) is 0.532. The Morgan fingerprint density at radius 1 is 1.23 bits per heavy atom. The van der Waals surface area contributed by atoms with Crippen LogP contribution in [0, 0.1) is 5.92 Å². The van der Waals surface area contributed by atoms with Crippen molar-refractivity contribution >= 4 is 24.2 Å². The van der Waals surface area contributed by atoms with E-state index in [1.54, 1.807) is 24.2 Å². The third-order valence-electron chi connectivity index (χ3n) is 4.41. The van der Waals surface area contributed by atoms with Gasteiger partial charge in [-0.25, -0.2) is 9.97 Å². The van der Waals surface area contributed by atoms with E-state index in [9.17, 15) is 0 Å². The van der Waals surface area contributed by atoms with Crippen LogP contribution in [0.4, 0.5) is 0 Å². The van der Waals surface area contributed by atoms with Gasteiger partial charge in [0.2, 0.25) is 5.88 Å². The van der Waals surface area contributed by atoms with Crippen molar-refractivity contribution in [3.05, 3.63) is 12.4 Å². The molecule has 1 aromatic heterocycles. The van der Waals surface area contributed by atoms with Crippen molar-refractivity contribution in [3.8, 4) is 5.88 Å². The van der Waals surface area contributed by atoms with Crippen molar-refractivity contribution in [3.63, 3.8) is 0 Å². The highest BCUT2D eigenvalue weighted by Crippen LogP contribution is 2.33. The van der Waals surface area contributed by atoms with Crippen LogP contribution in [-0.2, 0) is 0 Å². The first-order valence-electron chi connectivity index (χ1n) is 8.19. The molecule has 0 saturated carbocycles. The lowest BCUT2D eigenvalue weighted by Crippen LogP contribution is -2.32. The second-order valence-corrected chi connectivity index (χ2v) is 7.12. The summed E-state index contributed by atoms with van der Waals surface area (Å²) < 4.78 is 6.18. The van der Waals surface area contributed by atoms with E-state index in [1.807, 2.05) is 0 Å². The zero-order valence-electron chi connectivity index (χ0n) is 13.2. The zero-order chi connectivity index (χ0) is 14.5. The first-order chi connectivity index (χ1) is 10.4. The summed E-state index contributed by atoms with van der Waals surface area (Å²) in [5.41, 5.74) is 0. The molecular formula is C16H26ClN3OS. The molecule has 22 heavy (non-hydrogen) atoms. The Bertz CT molecular complexity index is 463. The molecule has 0 spiro atoms. The number of thioether (sulfide) groups is 1. The highest BCUT2D eigenvalue weighted by molar-refractivity contribution is 7.99. The van der Waals surface area contributed by atoms with Crippen LogP contribution in [0.5, 0.6) is 5.88 Å². The molecule has 124 valence electrons. The van der Waals surface area contributed by atoms with Gasteiger partial charge in [0.1, 0.15) is 6.10 Å². The Hall–Kier alpha value is -0.520. The van der Waals surface area contributed by atoms with Gasteiger partial charge in [-0.05, 0) is 25.1 Å². The molecule has 3 rings (SSSR count). The number of hydrogen-bond acceptors (Lipinski definition) is 5. The molecule has 2 bridgehead atoms. The van der Waals surface area contributed by atoms with E-state index in [4.69, 9.17) is 4.74 Å². The molecule has 6 heteroatoms. The van der Waals surface area contributed by atoms with Crippen LogP contribution in [-0.4, -0.2) is 46.4 Å². The average molecular weight is 344 g/mol. The highest BCUT2D eigenvalue weighted by atomic mass is 35.5. The van der Waals surface area contributed by atoms with E-state index < -0.39 is 0 Å². The lowest BCUT2D eigenvalue weighted by atomic mass is 10.0. The number of aromatic nitrogens is 2. The van der Waals surface area contributed by atoms with Gasteiger partial charge in [-0.2, -0.15) is 0 Å². The van der Waals surface area contributed by atoms with Crippen molar-refractivity contribution in [1.29, 1.82) is 0 Å². The molecular weight excluding hydrogens is 318 g/mol. The fraction of sp³-hybridized carbons (Fsp3) is 0.750. The molecule has 0 radical (unpaired) electrons. The number of piperidine rings is 1. The maximum atomic E-state index is 6.18. The maximum Gasteiger partial charge on any atom is 0.247 e. The second-order valence-electron chi connectivity index (χ2n) is 6.04. The van der Waals surface area contributed by atoms with E-state index in [0.717, 1.165) is 23.2 Å². The summed E-state index contributed by atoms with van der Waals surface area (Å²) >= 11 is 1.79. The summed E-state index contributed by atoms with van der Waals surface area (Å²) in [5.74, 6) is 2.54. The molecule has 0 amide bonds. The molecule has 3 heterocycles. The minimum absolute atomic E-state index is 0. The molecule has 0 N–H and O–H groups in total. The van der Waals surface area contributed by atoms with Gasteiger partial charge in [0, 0.05) is 31.4 Å². The molecule has 4 nitrogen and oxygen atoms in total. The predicted octanol–water partition coefficient (Wildman–Crippen LogP) is 3.65. The Balaban J connectivity index is 0.00000176.